The van der Waals surface area contributed by atoms with E-state index in [2.05, 4.69) is 0 Å². The fourth-order valence-corrected chi connectivity index (χ4v) is 7.08. The molecule has 2 aromatic rings. The molecule has 4 nitrogen and oxygen atoms in total. The summed E-state index contributed by atoms with van der Waals surface area (Å²) in [6.45, 7) is 2.00. The molecule has 0 saturated heterocycles. The number of unbranched alkanes of at least 4 members (excludes halogenated alkanes) is 1. The van der Waals surface area contributed by atoms with Crippen LogP contribution in [0.3, 0.4) is 0 Å². The Kier molecular flexibility index (Phi) is 4.55. The van der Waals surface area contributed by atoms with Gasteiger partial charge in [-0.25, -0.2) is 12.7 Å². The number of hydrogen-bond donors (Lipinski definition) is 0. The van der Waals surface area contributed by atoms with Gasteiger partial charge in [0, 0.05) is 0 Å². The molecule has 122 valence electrons. The maximum absolute atomic E-state index is 13.1. The summed E-state index contributed by atoms with van der Waals surface area (Å²) in [5.74, 6) is 0. The SMILES string of the molecule is CCCCC1S(=O)c2ccccc2N(c2ccccc2)S1(=O)=O. The fraction of sp³-hybridized carbons (Fsp3) is 0.294. The molecule has 1 aliphatic rings. The summed E-state index contributed by atoms with van der Waals surface area (Å²) in [5.41, 5.74) is 1.07. The van der Waals surface area contributed by atoms with Gasteiger partial charge in [-0.05, 0) is 30.7 Å². The average molecular weight is 349 g/mol. The largest absolute Gasteiger partial charge is 0.254 e. The van der Waals surface area contributed by atoms with E-state index in [0.717, 1.165) is 12.8 Å². The molecule has 2 atom stereocenters. The van der Waals surface area contributed by atoms with Crippen molar-refractivity contribution in [3.63, 3.8) is 0 Å². The molecule has 6 heteroatoms. The van der Waals surface area contributed by atoms with E-state index >= 15 is 0 Å². The van der Waals surface area contributed by atoms with Crippen LogP contribution in [0, 0.1) is 0 Å². The molecule has 0 spiro atoms. The Morgan fingerprint density at radius 2 is 1.70 bits per heavy atom. The molecule has 1 aliphatic heterocycles. The minimum atomic E-state index is -3.72. The van der Waals surface area contributed by atoms with Gasteiger partial charge in [0.2, 0.25) is 0 Å². The summed E-state index contributed by atoms with van der Waals surface area (Å²) in [7, 11) is -5.27. The second-order valence-corrected chi connectivity index (χ2v) is 9.35. The van der Waals surface area contributed by atoms with Crippen molar-refractivity contribution in [3.8, 4) is 0 Å². The summed E-state index contributed by atoms with van der Waals surface area (Å²) in [6, 6.07) is 16.0. The Balaban J connectivity index is 2.20. The second-order valence-electron chi connectivity index (χ2n) is 5.48. The lowest BCUT2D eigenvalue weighted by Gasteiger charge is -2.34. The summed E-state index contributed by atoms with van der Waals surface area (Å²) < 4.78 is 39.5. The zero-order valence-electron chi connectivity index (χ0n) is 12.9. The third kappa shape index (κ3) is 2.81. The number of benzene rings is 2. The highest BCUT2D eigenvalue weighted by Gasteiger charge is 2.43. The molecule has 0 radical (unpaired) electrons. The van der Waals surface area contributed by atoms with Crippen molar-refractivity contribution in [1.82, 2.24) is 0 Å². The summed E-state index contributed by atoms with van der Waals surface area (Å²) >= 11 is 0. The molecular weight excluding hydrogens is 330 g/mol. The molecule has 0 amide bonds. The van der Waals surface area contributed by atoms with Gasteiger partial charge in [-0.3, -0.25) is 4.21 Å². The maximum atomic E-state index is 13.1. The molecule has 23 heavy (non-hydrogen) atoms. The van der Waals surface area contributed by atoms with Crippen LogP contribution in [0.1, 0.15) is 26.2 Å². The smallest absolute Gasteiger partial charge is 0.253 e. The van der Waals surface area contributed by atoms with Crippen LogP contribution in [-0.2, 0) is 20.8 Å². The molecule has 0 saturated carbocycles. The molecule has 1 heterocycles. The van der Waals surface area contributed by atoms with Crippen LogP contribution in [0.15, 0.2) is 59.5 Å². The van der Waals surface area contributed by atoms with Crippen LogP contribution in [0.2, 0.25) is 0 Å². The standard InChI is InChI=1S/C17H19NO3S2/c1-2-3-13-17-22(19)16-12-8-7-11-15(16)18(23(17,20)21)14-9-5-4-6-10-14/h4-12,17H,2-3,13H2,1H3. The summed E-state index contributed by atoms with van der Waals surface area (Å²) in [6.07, 6.45) is 2.01. The van der Waals surface area contributed by atoms with Crippen LogP contribution < -0.4 is 4.31 Å². The van der Waals surface area contributed by atoms with Crippen LogP contribution in [0.5, 0.6) is 0 Å². The number of nitrogens with zero attached hydrogens (tertiary/aromatic N) is 1. The molecular formula is C17H19NO3S2. The van der Waals surface area contributed by atoms with Gasteiger partial charge in [0.15, 0.2) is 4.58 Å². The third-order valence-electron chi connectivity index (χ3n) is 3.91. The van der Waals surface area contributed by atoms with Crippen LogP contribution in [0.4, 0.5) is 11.4 Å². The van der Waals surface area contributed by atoms with Gasteiger partial charge >= 0.3 is 0 Å². The van der Waals surface area contributed by atoms with E-state index in [9.17, 15) is 12.6 Å². The van der Waals surface area contributed by atoms with Crippen LogP contribution >= 0.6 is 0 Å². The first kappa shape index (κ1) is 16.2. The van der Waals surface area contributed by atoms with Crippen molar-refractivity contribution in [2.75, 3.05) is 4.31 Å². The van der Waals surface area contributed by atoms with Crippen LogP contribution in [-0.4, -0.2) is 17.2 Å². The van der Waals surface area contributed by atoms with Crippen molar-refractivity contribution >= 4 is 32.2 Å². The van der Waals surface area contributed by atoms with Gasteiger partial charge in [-0.2, -0.15) is 0 Å². The van der Waals surface area contributed by atoms with Crippen molar-refractivity contribution in [2.45, 2.75) is 35.7 Å². The maximum Gasteiger partial charge on any atom is 0.254 e. The van der Waals surface area contributed by atoms with Gasteiger partial charge < -0.3 is 0 Å². The van der Waals surface area contributed by atoms with Crippen molar-refractivity contribution in [1.29, 1.82) is 0 Å². The quantitative estimate of drug-likeness (QED) is 0.844. The number of anilines is 2. The Labute approximate surface area is 139 Å². The minimum Gasteiger partial charge on any atom is -0.253 e. The normalized spacial score (nSPS) is 22.6. The fourth-order valence-electron chi connectivity index (χ4n) is 2.78. The predicted molar refractivity (Wildman–Crippen MR) is 93.7 cm³/mol. The monoisotopic (exact) mass is 349 g/mol. The number of hydrogen-bond acceptors (Lipinski definition) is 3. The third-order valence-corrected chi connectivity index (χ3v) is 8.47. The minimum absolute atomic E-state index is 0.406. The van der Waals surface area contributed by atoms with Crippen molar-refractivity contribution in [3.05, 3.63) is 54.6 Å². The Morgan fingerprint density at radius 1 is 1.04 bits per heavy atom. The molecule has 0 fully saturated rings. The zero-order chi connectivity index (χ0) is 16.4. The topological polar surface area (TPSA) is 54.5 Å². The van der Waals surface area contributed by atoms with E-state index < -0.39 is 25.4 Å². The van der Waals surface area contributed by atoms with Gasteiger partial charge in [0.25, 0.3) is 10.0 Å². The van der Waals surface area contributed by atoms with Gasteiger partial charge in [-0.15, -0.1) is 0 Å². The van der Waals surface area contributed by atoms with Crippen molar-refractivity contribution < 1.29 is 12.6 Å². The van der Waals surface area contributed by atoms with Crippen LogP contribution in [0.25, 0.3) is 0 Å². The van der Waals surface area contributed by atoms with Gasteiger partial charge in [-0.1, -0.05) is 50.1 Å². The zero-order valence-corrected chi connectivity index (χ0v) is 14.5. The number of para-hydroxylation sites is 2. The number of rotatable bonds is 4. The predicted octanol–water partition coefficient (Wildman–Crippen LogP) is 3.79. The first-order valence-corrected chi connectivity index (χ1v) is 10.4. The average Bonchev–Trinajstić information content (AvgIpc) is 2.55. The lowest BCUT2D eigenvalue weighted by atomic mass is 10.2. The number of fused-ring (bicyclic) bond motifs is 1. The molecule has 2 unspecified atom stereocenters. The second kappa shape index (κ2) is 6.45. The lowest BCUT2D eigenvalue weighted by Crippen LogP contribution is -2.42. The Morgan fingerprint density at radius 3 is 2.39 bits per heavy atom. The Bertz CT molecular complexity index is 819. The van der Waals surface area contributed by atoms with E-state index in [4.69, 9.17) is 0 Å². The first-order chi connectivity index (χ1) is 11.1. The van der Waals surface area contributed by atoms with E-state index in [1.165, 1.54) is 4.31 Å². The van der Waals surface area contributed by atoms with E-state index in [1.54, 1.807) is 48.5 Å². The molecule has 0 N–H and O–H groups in total. The van der Waals surface area contributed by atoms with Gasteiger partial charge in [0.05, 0.1) is 27.1 Å². The van der Waals surface area contributed by atoms with E-state index in [0.29, 0.717) is 22.7 Å². The molecule has 0 bridgehead atoms. The van der Waals surface area contributed by atoms with E-state index in [-0.39, 0.29) is 0 Å². The molecule has 0 aromatic heterocycles. The summed E-state index contributed by atoms with van der Waals surface area (Å²) in [5, 5.41) is 0. The molecule has 0 aliphatic carbocycles. The highest BCUT2D eigenvalue weighted by Crippen LogP contribution is 2.42. The van der Waals surface area contributed by atoms with Gasteiger partial charge in [0.1, 0.15) is 0 Å². The van der Waals surface area contributed by atoms with Crippen molar-refractivity contribution in [2.24, 2.45) is 0 Å². The number of sulfonamides is 1. The molecule has 2 aromatic carbocycles. The van der Waals surface area contributed by atoms with E-state index in [1.807, 2.05) is 13.0 Å². The molecule has 3 rings (SSSR count). The highest BCUT2D eigenvalue weighted by atomic mass is 32.3. The highest BCUT2D eigenvalue weighted by molar-refractivity contribution is 8.08. The Hall–Kier alpha value is -1.66. The lowest BCUT2D eigenvalue weighted by molar-refractivity contribution is 0.581. The summed E-state index contributed by atoms with van der Waals surface area (Å²) in [4.78, 5) is 0.590. The first-order valence-electron chi connectivity index (χ1n) is 7.66.